The molecule has 0 unspecified atom stereocenters. The molecule has 0 saturated carbocycles. The van der Waals surface area contributed by atoms with Crippen molar-refractivity contribution in [2.75, 3.05) is 0 Å². The number of hydrazone groups is 1. The van der Waals surface area contributed by atoms with Crippen molar-refractivity contribution in [1.82, 2.24) is 5.43 Å². The average Bonchev–Trinajstić information content (AvgIpc) is 2.27. The van der Waals surface area contributed by atoms with Gasteiger partial charge in [0.25, 0.3) is 5.91 Å². The van der Waals surface area contributed by atoms with Crippen LogP contribution in [-0.4, -0.2) is 16.7 Å². The molecule has 0 aliphatic carbocycles. The number of nitrogens with zero attached hydrogens (tertiary/aromatic N) is 1. The Morgan fingerprint density at radius 2 is 2.12 bits per heavy atom. The zero-order chi connectivity index (χ0) is 12.0. The highest BCUT2D eigenvalue weighted by Gasteiger charge is 2.08. The van der Waals surface area contributed by atoms with E-state index in [-0.39, 0.29) is 11.3 Å². The van der Waals surface area contributed by atoms with Crippen LogP contribution in [0.25, 0.3) is 0 Å². The van der Waals surface area contributed by atoms with Crippen molar-refractivity contribution in [2.45, 2.75) is 26.7 Å². The number of amides is 1. The predicted octanol–water partition coefficient (Wildman–Crippen LogP) is 2.30. The smallest absolute Gasteiger partial charge is 0.275 e. The van der Waals surface area contributed by atoms with Gasteiger partial charge in [0.05, 0.1) is 5.56 Å². The summed E-state index contributed by atoms with van der Waals surface area (Å²) in [5, 5.41) is 13.4. The van der Waals surface area contributed by atoms with Crippen LogP contribution in [0.1, 0.15) is 37.0 Å². The lowest BCUT2D eigenvalue weighted by Gasteiger charge is -2.03. The van der Waals surface area contributed by atoms with Crippen molar-refractivity contribution in [3.8, 4) is 5.75 Å². The Labute approximate surface area is 95.0 Å². The van der Waals surface area contributed by atoms with Crippen LogP contribution in [0.3, 0.4) is 0 Å². The van der Waals surface area contributed by atoms with E-state index in [1.54, 1.807) is 18.2 Å². The number of aromatic hydroxyl groups is 1. The molecule has 0 bridgehead atoms. The maximum atomic E-state index is 11.6. The monoisotopic (exact) mass is 220 g/mol. The van der Waals surface area contributed by atoms with Gasteiger partial charge in [-0.3, -0.25) is 4.79 Å². The Bertz CT molecular complexity index is 400. The molecule has 0 atom stereocenters. The maximum Gasteiger partial charge on any atom is 0.275 e. The third-order valence-electron chi connectivity index (χ3n) is 2.11. The molecule has 0 aliphatic heterocycles. The molecule has 0 spiro atoms. The van der Waals surface area contributed by atoms with Gasteiger partial charge in [-0.05, 0) is 25.5 Å². The van der Waals surface area contributed by atoms with Crippen molar-refractivity contribution in [3.05, 3.63) is 29.8 Å². The van der Waals surface area contributed by atoms with Gasteiger partial charge >= 0.3 is 0 Å². The fraction of sp³-hybridized carbons (Fsp3) is 0.333. The van der Waals surface area contributed by atoms with Gasteiger partial charge in [0, 0.05) is 5.71 Å². The number of rotatable bonds is 4. The van der Waals surface area contributed by atoms with Crippen LogP contribution in [0.15, 0.2) is 29.4 Å². The number of phenols is 1. The number of carbonyl (C=O) groups excluding carboxylic acids is 1. The molecule has 1 aromatic carbocycles. The second-order valence-electron chi connectivity index (χ2n) is 3.56. The van der Waals surface area contributed by atoms with E-state index in [0.717, 1.165) is 18.6 Å². The largest absolute Gasteiger partial charge is 0.507 e. The first-order valence-electron chi connectivity index (χ1n) is 5.26. The number of para-hydroxylation sites is 1. The van der Waals surface area contributed by atoms with Gasteiger partial charge in [0.15, 0.2) is 0 Å². The van der Waals surface area contributed by atoms with Crippen LogP contribution in [0, 0.1) is 0 Å². The van der Waals surface area contributed by atoms with Crippen molar-refractivity contribution in [1.29, 1.82) is 0 Å². The molecule has 0 aliphatic rings. The summed E-state index contributed by atoms with van der Waals surface area (Å²) in [7, 11) is 0. The first kappa shape index (κ1) is 12.2. The second kappa shape index (κ2) is 5.90. The normalized spacial score (nSPS) is 11.2. The molecule has 0 saturated heterocycles. The predicted molar refractivity (Wildman–Crippen MR) is 63.6 cm³/mol. The van der Waals surface area contributed by atoms with E-state index in [2.05, 4.69) is 10.5 Å². The number of hydrogen-bond donors (Lipinski definition) is 2. The molecular weight excluding hydrogens is 204 g/mol. The molecule has 0 radical (unpaired) electrons. The van der Waals surface area contributed by atoms with Crippen molar-refractivity contribution < 1.29 is 9.90 Å². The van der Waals surface area contributed by atoms with Crippen LogP contribution in [0.4, 0.5) is 0 Å². The van der Waals surface area contributed by atoms with E-state index in [1.807, 2.05) is 13.8 Å². The van der Waals surface area contributed by atoms with Crippen LogP contribution in [0.5, 0.6) is 5.75 Å². The average molecular weight is 220 g/mol. The van der Waals surface area contributed by atoms with Crippen LogP contribution < -0.4 is 5.43 Å². The second-order valence-corrected chi connectivity index (χ2v) is 3.56. The third-order valence-corrected chi connectivity index (χ3v) is 2.11. The zero-order valence-corrected chi connectivity index (χ0v) is 9.53. The Balaban J connectivity index is 2.67. The first-order chi connectivity index (χ1) is 7.65. The third kappa shape index (κ3) is 3.38. The van der Waals surface area contributed by atoms with E-state index in [0.29, 0.717) is 0 Å². The molecule has 16 heavy (non-hydrogen) atoms. The van der Waals surface area contributed by atoms with Crippen LogP contribution in [-0.2, 0) is 0 Å². The lowest BCUT2D eigenvalue weighted by Crippen LogP contribution is -2.19. The summed E-state index contributed by atoms with van der Waals surface area (Å²) in [4.78, 5) is 11.6. The molecule has 1 aromatic rings. The van der Waals surface area contributed by atoms with Crippen LogP contribution in [0.2, 0.25) is 0 Å². The molecule has 4 nitrogen and oxygen atoms in total. The Morgan fingerprint density at radius 1 is 1.44 bits per heavy atom. The quantitative estimate of drug-likeness (QED) is 0.604. The summed E-state index contributed by atoms with van der Waals surface area (Å²) in [6, 6.07) is 6.38. The van der Waals surface area contributed by atoms with E-state index in [9.17, 15) is 9.90 Å². The first-order valence-corrected chi connectivity index (χ1v) is 5.26. The van der Waals surface area contributed by atoms with E-state index >= 15 is 0 Å². The summed E-state index contributed by atoms with van der Waals surface area (Å²) >= 11 is 0. The number of carbonyl (C=O) groups is 1. The molecule has 2 N–H and O–H groups in total. The highest BCUT2D eigenvalue weighted by molar-refractivity contribution is 5.97. The number of phenolic OH excluding ortho intramolecular Hbond substituents is 1. The van der Waals surface area contributed by atoms with Gasteiger partial charge in [-0.25, -0.2) is 5.43 Å². The highest BCUT2D eigenvalue weighted by atomic mass is 16.3. The number of nitrogens with one attached hydrogen (secondary N) is 1. The molecule has 4 heteroatoms. The summed E-state index contributed by atoms with van der Waals surface area (Å²) in [6.45, 7) is 3.90. The van der Waals surface area contributed by atoms with Crippen molar-refractivity contribution in [2.24, 2.45) is 5.10 Å². The number of benzene rings is 1. The molecular formula is C12H16N2O2. The van der Waals surface area contributed by atoms with Gasteiger partial charge in [0.2, 0.25) is 0 Å². The minimum Gasteiger partial charge on any atom is -0.507 e. The van der Waals surface area contributed by atoms with Crippen molar-refractivity contribution >= 4 is 11.6 Å². The molecule has 86 valence electrons. The van der Waals surface area contributed by atoms with E-state index < -0.39 is 5.91 Å². The molecule has 1 rings (SSSR count). The molecule has 0 aromatic heterocycles. The van der Waals surface area contributed by atoms with Crippen LogP contribution >= 0.6 is 0 Å². The summed E-state index contributed by atoms with van der Waals surface area (Å²) in [5.74, 6) is -0.433. The Hall–Kier alpha value is -1.84. The highest BCUT2D eigenvalue weighted by Crippen LogP contribution is 2.14. The standard InChI is InChI=1S/C12H16N2O2/c1-3-6-9(2)13-14-12(16)10-7-4-5-8-11(10)15/h4-5,7-8,15H,3,6H2,1-2H3,(H,14,16)/b13-9-. The molecule has 0 heterocycles. The fourth-order valence-electron chi connectivity index (χ4n) is 1.29. The fourth-order valence-corrected chi connectivity index (χ4v) is 1.29. The summed E-state index contributed by atoms with van der Waals surface area (Å²) in [6.07, 6.45) is 1.84. The van der Waals surface area contributed by atoms with E-state index in [1.165, 1.54) is 6.07 Å². The maximum absolute atomic E-state index is 11.6. The molecule has 0 fully saturated rings. The Morgan fingerprint density at radius 3 is 2.75 bits per heavy atom. The SMILES string of the molecule is CCC/C(C)=N\NC(=O)c1ccccc1O. The van der Waals surface area contributed by atoms with Gasteiger partial charge in [-0.15, -0.1) is 0 Å². The summed E-state index contributed by atoms with van der Waals surface area (Å²) in [5.41, 5.74) is 3.51. The van der Waals surface area contributed by atoms with Gasteiger partial charge in [0.1, 0.15) is 5.75 Å². The van der Waals surface area contributed by atoms with Gasteiger partial charge < -0.3 is 5.11 Å². The lowest BCUT2D eigenvalue weighted by molar-refractivity contribution is 0.0952. The topological polar surface area (TPSA) is 61.7 Å². The lowest BCUT2D eigenvalue weighted by atomic mass is 10.2. The summed E-state index contributed by atoms with van der Waals surface area (Å²) < 4.78 is 0. The van der Waals surface area contributed by atoms with E-state index in [4.69, 9.17) is 0 Å². The zero-order valence-electron chi connectivity index (χ0n) is 9.53. The van der Waals surface area contributed by atoms with Crippen molar-refractivity contribution in [3.63, 3.8) is 0 Å². The minimum atomic E-state index is -0.395. The minimum absolute atomic E-state index is 0.0386. The number of hydrogen-bond acceptors (Lipinski definition) is 3. The van der Waals surface area contributed by atoms with Gasteiger partial charge in [-0.1, -0.05) is 25.5 Å². The molecule has 1 amide bonds. The van der Waals surface area contributed by atoms with Gasteiger partial charge in [-0.2, -0.15) is 5.10 Å². The Kier molecular flexibility index (Phi) is 4.51.